The summed E-state index contributed by atoms with van der Waals surface area (Å²) in [6.45, 7) is 6.57. The van der Waals surface area contributed by atoms with Crippen LogP contribution in [0.1, 0.15) is 42.3 Å². The van der Waals surface area contributed by atoms with Gasteiger partial charge in [0.05, 0.1) is 18.3 Å². The molecule has 9 heteroatoms. The van der Waals surface area contributed by atoms with E-state index in [0.29, 0.717) is 31.7 Å². The third kappa shape index (κ3) is 4.56. The van der Waals surface area contributed by atoms with Crippen LogP contribution in [0.3, 0.4) is 0 Å². The van der Waals surface area contributed by atoms with Crippen LogP contribution in [0.4, 0.5) is 4.79 Å². The smallest absolute Gasteiger partial charge is 0.325 e. The fraction of sp³-hybridized carbons (Fsp3) is 0.542. The Bertz CT molecular complexity index is 1020. The van der Waals surface area contributed by atoms with Crippen molar-refractivity contribution in [2.45, 2.75) is 51.6 Å². The van der Waals surface area contributed by atoms with E-state index in [9.17, 15) is 14.7 Å². The van der Waals surface area contributed by atoms with E-state index in [1.807, 2.05) is 26.0 Å². The van der Waals surface area contributed by atoms with Crippen molar-refractivity contribution in [3.63, 3.8) is 0 Å². The summed E-state index contributed by atoms with van der Waals surface area (Å²) in [5.41, 5.74) is 2.79. The highest BCUT2D eigenvalue weighted by Crippen LogP contribution is 2.37. The predicted molar refractivity (Wildman–Crippen MR) is 126 cm³/mol. The molecule has 2 saturated heterocycles. The summed E-state index contributed by atoms with van der Waals surface area (Å²) in [6, 6.07) is 5.08. The maximum absolute atomic E-state index is 13.5. The number of phenolic OH excluding ortho intramolecular Hbond substituents is 1. The maximum atomic E-state index is 13.5. The van der Waals surface area contributed by atoms with E-state index in [4.69, 9.17) is 4.74 Å². The Kier molecular flexibility index (Phi) is 6.90. The number of carbonyl (C=O) groups excluding carboxylic acids is 2. The molecule has 1 aromatic heterocycles. The Balaban J connectivity index is 1.38. The molecule has 1 aromatic carbocycles. The number of hydrogen-bond acceptors (Lipinski definition) is 7. The van der Waals surface area contributed by atoms with Gasteiger partial charge in [-0.15, -0.1) is 11.3 Å². The number of carbonyl (C=O) groups is 2. The van der Waals surface area contributed by atoms with Gasteiger partial charge in [-0.05, 0) is 51.3 Å². The summed E-state index contributed by atoms with van der Waals surface area (Å²) < 4.78 is 5.16. The normalized spacial score (nSPS) is 22.1. The number of imide groups is 1. The lowest BCUT2D eigenvalue weighted by Gasteiger charge is -2.40. The Hall–Kier alpha value is -2.65. The maximum Gasteiger partial charge on any atom is 0.325 e. The number of aromatic hydroxyl groups is 1. The molecule has 33 heavy (non-hydrogen) atoms. The molecular weight excluding hydrogens is 440 g/mol. The second kappa shape index (κ2) is 9.69. The number of hydrogen-bond donors (Lipinski definition) is 2. The van der Waals surface area contributed by atoms with E-state index in [1.165, 1.54) is 4.90 Å². The molecule has 4 rings (SSSR count). The fourth-order valence-corrected chi connectivity index (χ4v) is 5.83. The van der Waals surface area contributed by atoms with Crippen LogP contribution in [0.2, 0.25) is 0 Å². The largest absolute Gasteiger partial charge is 0.507 e. The second-order valence-electron chi connectivity index (χ2n) is 8.87. The number of urea groups is 1. The van der Waals surface area contributed by atoms with Gasteiger partial charge in [0.25, 0.3) is 5.91 Å². The van der Waals surface area contributed by atoms with Gasteiger partial charge in [-0.2, -0.15) is 0 Å². The number of benzene rings is 1. The third-order valence-corrected chi connectivity index (χ3v) is 8.13. The topological polar surface area (TPSA) is 95.0 Å². The van der Waals surface area contributed by atoms with Crippen molar-refractivity contribution in [3.8, 4) is 11.5 Å². The zero-order chi connectivity index (χ0) is 23.6. The van der Waals surface area contributed by atoms with Crippen molar-refractivity contribution in [3.05, 3.63) is 39.8 Å². The summed E-state index contributed by atoms with van der Waals surface area (Å²) in [4.78, 5) is 35.3. The van der Waals surface area contributed by atoms with E-state index in [-0.39, 0.29) is 23.6 Å². The molecule has 2 aliphatic heterocycles. The molecule has 1 atom stereocenters. The first-order valence-electron chi connectivity index (χ1n) is 11.5. The molecule has 3 amide bonds. The lowest BCUT2D eigenvalue weighted by molar-refractivity contribution is -0.134. The molecule has 1 unspecified atom stereocenters. The van der Waals surface area contributed by atoms with Gasteiger partial charge in [-0.25, -0.2) is 9.78 Å². The van der Waals surface area contributed by atoms with Crippen LogP contribution in [-0.2, 0) is 17.8 Å². The highest BCUT2D eigenvalue weighted by Gasteiger charge is 2.54. The molecule has 0 aliphatic carbocycles. The monoisotopic (exact) mass is 472 g/mol. The molecule has 3 heterocycles. The second-order valence-corrected chi connectivity index (χ2v) is 9.81. The number of ether oxygens (including phenoxy) is 1. The van der Waals surface area contributed by atoms with Gasteiger partial charge >= 0.3 is 6.03 Å². The quantitative estimate of drug-likeness (QED) is 0.573. The molecular formula is C24H32N4O4S. The Morgan fingerprint density at radius 3 is 2.67 bits per heavy atom. The molecule has 178 valence electrons. The van der Waals surface area contributed by atoms with Crippen molar-refractivity contribution < 1.29 is 19.4 Å². The van der Waals surface area contributed by atoms with Crippen molar-refractivity contribution >= 4 is 23.3 Å². The summed E-state index contributed by atoms with van der Waals surface area (Å²) in [6.07, 6.45) is 2.86. The molecule has 8 nitrogen and oxygen atoms in total. The van der Waals surface area contributed by atoms with Crippen LogP contribution in [0.25, 0.3) is 0 Å². The number of aryl methyl sites for hydroxylation is 1. The average molecular weight is 473 g/mol. The van der Waals surface area contributed by atoms with Crippen LogP contribution >= 0.6 is 11.3 Å². The van der Waals surface area contributed by atoms with Crippen molar-refractivity contribution in [1.29, 1.82) is 0 Å². The van der Waals surface area contributed by atoms with Gasteiger partial charge < -0.3 is 15.2 Å². The summed E-state index contributed by atoms with van der Waals surface area (Å²) in [5, 5.41) is 13.3. The third-order valence-electron chi connectivity index (χ3n) is 7.14. The number of nitrogens with zero attached hydrogens (tertiary/aromatic N) is 3. The number of nitrogens with one attached hydrogen (secondary N) is 1. The molecule has 0 radical (unpaired) electrons. The standard InChI is InChI=1S/C24H32N4O4S/c1-4-24(22(30)28(23(31)26-24)12-9-21-16(2)25-15-33-21)18-7-10-27(11-8-18)14-17-5-6-19(32-3)13-20(17)29/h5-6,13,15,18,29H,4,7-12,14H2,1-3H3,(H,26,31). The zero-order valence-corrected chi connectivity index (χ0v) is 20.3. The zero-order valence-electron chi connectivity index (χ0n) is 19.5. The van der Waals surface area contributed by atoms with Crippen molar-refractivity contribution in [2.75, 3.05) is 26.7 Å². The fourth-order valence-electron chi connectivity index (χ4n) is 5.06. The number of aromatic nitrogens is 1. The number of piperidine rings is 1. The highest BCUT2D eigenvalue weighted by atomic mass is 32.1. The Labute approximate surface area is 198 Å². The number of rotatable bonds is 8. The number of methoxy groups -OCH3 is 1. The first-order chi connectivity index (χ1) is 15.9. The molecule has 2 aliphatic rings. The Morgan fingerprint density at radius 2 is 2.06 bits per heavy atom. The summed E-state index contributed by atoms with van der Waals surface area (Å²) >= 11 is 1.56. The van der Waals surface area contributed by atoms with E-state index in [1.54, 1.807) is 30.0 Å². The number of amides is 3. The van der Waals surface area contributed by atoms with Crippen LogP contribution in [0, 0.1) is 12.8 Å². The molecule has 0 bridgehead atoms. The van der Waals surface area contributed by atoms with Crippen LogP contribution in [-0.4, -0.2) is 64.1 Å². The molecule has 0 saturated carbocycles. The first-order valence-corrected chi connectivity index (χ1v) is 12.4. The first kappa shape index (κ1) is 23.5. The van der Waals surface area contributed by atoms with Gasteiger partial charge in [-0.3, -0.25) is 14.6 Å². The lowest BCUT2D eigenvalue weighted by Crippen LogP contribution is -2.55. The molecule has 2 aromatic rings. The number of thiazole rings is 1. The van der Waals surface area contributed by atoms with Crippen molar-refractivity contribution in [2.24, 2.45) is 5.92 Å². The minimum Gasteiger partial charge on any atom is -0.507 e. The van der Waals surface area contributed by atoms with Gasteiger partial charge in [0.1, 0.15) is 17.0 Å². The van der Waals surface area contributed by atoms with Gasteiger partial charge in [-0.1, -0.05) is 13.0 Å². The van der Waals surface area contributed by atoms with Crippen LogP contribution in [0.15, 0.2) is 23.7 Å². The van der Waals surface area contributed by atoms with E-state index < -0.39 is 5.54 Å². The van der Waals surface area contributed by atoms with Gasteiger partial charge in [0, 0.05) is 36.0 Å². The summed E-state index contributed by atoms with van der Waals surface area (Å²) in [5.74, 6) is 0.857. The molecule has 0 spiro atoms. The van der Waals surface area contributed by atoms with Crippen LogP contribution < -0.4 is 10.1 Å². The van der Waals surface area contributed by atoms with Crippen molar-refractivity contribution in [1.82, 2.24) is 20.1 Å². The minimum atomic E-state index is -0.825. The van der Waals surface area contributed by atoms with Crippen LogP contribution in [0.5, 0.6) is 11.5 Å². The number of likely N-dealkylation sites (tertiary alicyclic amines) is 1. The SMILES string of the molecule is CCC1(C2CCN(Cc3ccc(OC)cc3O)CC2)NC(=O)N(CCc2scnc2C)C1=O. The minimum absolute atomic E-state index is 0.0924. The predicted octanol–water partition coefficient (Wildman–Crippen LogP) is 3.32. The Morgan fingerprint density at radius 1 is 1.30 bits per heavy atom. The van der Waals surface area contributed by atoms with E-state index in [0.717, 1.165) is 42.1 Å². The van der Waals surface area contributed by atoms with E-state index >= 15 is 0 Å². The number of phenols is 1. The van der Waals surface area contributed by atoms with E-state index in [2.05, 4.69) is 15.2 Å². The molecule has 2 fully saturated rings. The summed E-state index contributed by atoms with van der Waals surface area (Å²) in [7, 11) is 1.58. The van der Waals surface area contributed by atoms with Gasteiger partial charge in [0.2, 0.25) is 0 Å². The van der Waals surface area contributed by atoms with Gasteiger partial charge in [0.15, 0.2) is 0 Å². The lowest BCUT2D eigenvalue weighted by atomic mass is 9.75. The average Bonchev–Trinajstić information content (AvgIpc) is 3.34. The highest BCUT2D eigenvalue weighted by molar-refractivity contribution is 7.09. The molecule has 2 N–H and O–H groups in total.